The molecule has 0 saturated heterocycles. The number of aliphatic carboxylic acids is 2. The summed E-state index contributed by atoms with van der Waals surface area (Å²) in [6.07, 6.45) is 2.49. The molecule has 0 aliphatic heterocycles. The monoisotopic (exact) mass is 248 g/mol. The Hall–Kier alpha value is -1.14. The van der Waals surface area contributed by atoms with E-state index in [1.165, 1.54) is 0 Å². The second-order valence-electron chi connectivity index (χ2n) is 4.19. The SMILES string of the molecule is CC(C)C(N)C(=O)O.CCCCC(N)C(=O)O. The van der Waals surface area contributed by atoms with Crippen molar-refractivity contribution >= 4 is 11.9 Å². The Kier molecular flexibility index (Phi) is 10.8. The van der Waals surface area contributed by atoms with E-state index in [9.17, 15) is 9.59 Å². The molecule has 0 fully saturated rings. The van der Waals surface area contributed by atoms with E-state index in [1.54, 1.807) is 13.8 Å². The van der Waals surface area contributed by atoms with Gasteiger partial charge < -0.3 is 21.7 Å². The lowest BCUT2D eigenvalue weighted by molar-refractivity contribution is -0.140. The van der Waals surface area contributed by atoms with Crippen molar-refractivity contribution in [3.05, 3.63) is 0 Å². The number of carboxylic acid groups (broad SMARTS) is 2. The maximum atomic E-state index is 10.1. The van der Waals surface area contributed by atoms with Gasteiger partial charge in [-0.3, -0.25) is 9.59 Å². The molecule has 0 aliphatic rings. The Balaban J connectivity index is 0. The first kappa shape index (κ1) is 18.2. The van der Waals surface area contributed by atoms with Crippen LogP contribution < -0.4 is 11.5 Å². The van der Waals surface area contributed by atoms with E-state index >= 15 is 0 Å². The zero-order chi connectivity index (χ0) is 14.0. The zero-order valence-corrected chi connectivity index (χ0v) is 10.7. The van der Waals surface area contributed by atoms with Crippen molar-refractivity contribution in [2.24, 2.45) is 17.4 Å². The summed E-state index contributed by atoms with van der Waals surface area (Å²) < 4.78 is 0. The van der Waals surface area contributed by atoms with Gasteiger partial charge in [-0.2, -0.15) is 0 Å². The van der Waals surface area contributed by atoms with Crippen molar-refractivity contribution in [2.75, 3.05) is 0 Å². The van der Waals surface area contributed by atoms with Crippen LogP contribution in [0.1, 0.15) is 40.0 Å². The van der Waals surface area contributed by atoms with Gasteiger partial charge >= 0.3 is 11.9 Å². The van der Waals surface area contributed by atoms with Crippen molar-refractivity contribution in [3.8, 4) is 0 Å². The number of carboxylic acids is 2. The standard InChI is InChI=1S/C6H13NO2.C5H11NO2/c1-2-3-4-5(7)6(8)9;1-3(2)4(6)5(7)8/h5H,2-4,7H2,1H3,(H,8,9);3-4H,6H2,1-2H3,(H,7,8). The minimum absolute atomic E-state index is 0.0208. The van der Waals surface area contributed by atoms with Crippen molar-refractivity contribution in [3.63, 3.8) is 0 Å². The lowest BCUT2D eigenvalue weighted by Crippen LogP contribution is -2.34. The molecule has 0 spiro atoms. The van der Waals surface area contributed by atoms with Crippen LogP contribution >= 0.6 is 0 Å². The number of hydrogen-bond acceptors (Lipinski definition) is 4. The first-order valence-corrected chi connectivity index (χ1v) is 5.70. The molecule has 0 aromatic heterocycles. The summed E-state index contributed by atoms with van der Waals surface area (Å²) in [4.78, 5) is 20.1. The van der Waals surface area contributed by atoms with Gasteiger partial charge in [-0.1, -0.05) is 33.6 Å². The van der Waals surface area contributed by atoms with Gasteiger partial charge in [0.2, 0.25) is 0 Å². The molecule has 2 atom stereocenters. The lowest BCUT2D eigenvalue weighted by Gasteiger charge is -2.07. The zero-order valence-electron chi connectivity index (χ0n) is 10.7. The fraction of sp³-hybridized carbons (Fsp3) is 0.818. The molecular weight excluding hydrogens is 224 g/mol. The van der Waals surface area contributed by atoms with Crippen LogP contribution in [-0.2, 0) is 9.59 Å². The second kappa shape index (κ2) is 10.0. The van der Waals surface area contributed by atoms with Crippen LogP contribution in [0.5, 0.6) is 0 Å². The number of rotatable bonds is 6. The fourth-order valence-corrected chi connectivity index (χ4v) is 0.833. The van der Waals surface area contributed by atoms with Crippen molar-refractivity contribution in [2.45, 2.75) is 52.1 Å². The molecule has 0 heterocycles. The summed E-state index contributed by atoms with van der Waals surface area (Å²) in [6, 6.07) is -1.38. The molecule has 0 saturated carbocycles. The number of hydrogen-bond donors (Lipinski definition) is 4. The van der Waals surface area contributed by atoms with Crippen LogP contribution in [0, 0.1) is 5.92 Å². The third kappa shape index (κ3) is 11.1. The molecule has 6 heteroatoms. The topological polar surface area (TPSA) is 127 Å². The Bertz CT molecular complexity index is 232. The summed E-state index contributed by atoms with van der Waals surface area (Å²) in [6.45, 7) is 5.56. The van der Waals surface area contributed by atoms with Crippen LogP contribution in [0.15, 0.2) is 0 Å². The Morgan fingerprint density at radius 1 is 1.12 bits per heavy atom. The Morgan fingerprint density at radius 2 is 1.59 bits per heavy atom. The molecule has 17 heavy (non-hydrogen) atoms. The predicted octanol–water partition coefficient (Wildman–Crippen LogP) is 0.643. The van der Waals surface area contributed by atoms with E-state index in [1.807, 2.05) is 6.92 Å². The first-order valence-electron chi connectivity index (χ1n) is 5.70. The summed E-state index contributed by atoms with van der Waals surface area (Å²) >= 11 is 0. The molecule has 6 nitrogen and oxygen atoms in total. The Labute approximate surface area is 102 Å². The minimum Gasteiger partial charge on any atom is -0.480 e. The van der Waals surface area contributed by atoms with Crippen LogP contribution in [0.25, 0.3) is 0 Å². The summed E-state index contributed by atoms with van der Waals surface area (Å²) in [5.41, 5.74) is 10.4. The van der Waals surface area contributed by atoms with Crippen LogP contribution in [0.4, 0.5) is 0 Å². The van der Waals surface area contributed by atoms with E-state index < -0.39 is 24.0 Å². The van der Waals surface area contributed by atoms with E-state index in [4.69, 9.17) is 21.7 Å². The highest BCUT2D eigenvalue weighted by Crippen LogP contribution is 1.97. The van der Waals surface area contributed by atoms with Gasteiger partial charge in [0.15, 0.2) is 0 Å². The molecule has 0 aromatic rings. The van der Waals surface area contributed by atoms with Gasteiger partial charge in [-0.25, -0.2) is 0 Å². The quantitative estimate of drug-likeness (QED) is 0.546. The molecule has 0 aromatic carbocycles. The molecule has 2 unspecified atom stereocenters. The number of unbranched alkanes of at least 4 members (excludes halogenated alkanes) is 1. The molecule has 0 aliphatic carbocycles. The van der Waals surface area contributed by atoms with Crippen molar-refractivity contribution in [1.82, 2.24) is 0 Å². The van der Waals surface area contributed by atoms with Gasteiger partial charge in [0.1, 0.15) is 12.1 Å². The predicted molar refractivity (Wildman–Crippen MR) is 65.6 cm³/mol. The minimum atomic E-state index is -0.931. The summed E-state index contributed by atoms with van der Waals surface area (Å²) in [5, 5.41) is 16.5. The second-order valence-corrected chi connectivity index (χ2v) is 4.19. The van der Waals surface area contributed by atoms with E-state index in [0.29, 0.717) is 6.42 Å². The van der Waals surface area contributed by atoms with E-state index in [-0.39, 0.29) is 5.92 Å². The first-order chi connectivity index (χ1) is 7.73. The van der Waals surface area contributed by atoms with Gasteiger partial charge in [-0.15, -0.1) is 0 Å². The maximum Gasteiger partial charge on any atom is 0.320 e. The number of carbonyl (C=O) groups is 2. The Morgan fingerprint density at radius 3 is 1.76 bits per heavy atom. The maximum absolute atomic E-state index is 10.1. The number of nitrogens with two attached hydrogens (primary N) is 2. The molecule has 6 N–H and O–H groups in total. The summed E-state index contributed by atoms with van der Waals surface area (Å²) in [7, 11) is 0. The molecular formula is C11H24N2O4. The van der Waals surface area contributed by atoms with Crippen LogP contribution in [0.3, 0.4) is 0 Å². The van der Waals surface area contributed by atoms with Crippen LogP contribution in [0.2, 0.25) is 0 Å². The third-order valence-electron chi connectivity index (χ3n) is 2.19. The molecule has 102 valence electrons. The fourth-order valence-electron chi connectivity index (χ4n) is 0.833. The lowest BCUT2D eigenvalue weighted by atomic mass is 10.1. The average molecular weight is 248 g/mol. The molecule has 0 rings (SSSR count). The van der Waals surface area contributed by atoms with E-state index in [0.717, 1.165) is 12.8 Å². The normalized spacial score (nSPS) is 13.5. The largest absolute Gasteiger partial charge is 0.480 e. The highest BCUT2D eigenvalue weighted by molar-refractivity contribution is 5.73. The van der Waals surface area contributed by atoms with Gasteiger partial charge in [-0.05, 0) is 12.3 Å². The van der Waals surface area contributed by atoms with Gasteiger partial charge in [0, 0.05) is 0 Å². The van der Waals surface area contributed by atoms with Crippen molar-refractivity contribution in [1.29, 1.82) is 0 Å². The van der Waals surface area contributed by atoms with E-state index in [2.05, 4.69) is 0 Å². The van der Waals surface area contributed by atoms with Gasteiger partial charge in [0.25, 0.3) is 0 Å². The molecule has 0 radical (unpaired) electrons. The highest BCUT2D eigenvalue weighted by atomic mass is 16.4. The smallest absolute Gasteiger partial charge is 0.320 e. The molecule has 0 bridgehead atoms. The van der Waals surface area contributed by atoms with Gasteiger partial charge in [0.05, 0.1) is 0 Å². The third-order valence-corrected chi connectivity index (χ3v) is 2.19. The molecule has 0 amide bonds. The van der Waals surface area contributed by atoms with Crippen molar-refractivity contribution < 1.29 is 19.8 Å². The average Bonchev–Trinajstić information content (AvgIpc) is 2.25. The highest BCUT2D eigenvalue weighted by Gasteiger charge is 2.14. The summed E-state index contributed by atoms with van der Waals surface area (Å²) in [5.74, 6) is -1.81. The van der Waals surface area contributed by atoms with Crippen LogP contribution in [-0.4, -0.2) is 34.2 Å².